The molecule has 0 aliphatic rings. The van der Waals surface area contributed by atoms with Crippen molar-refractivity contribution in [2.75, 3.05) is 0 Å². The second kappa shape index (κ2) is 5.42. The largest absolute Gasteiger partial charge is 0.393 e. The number of rotatable bonds is 5. The van der Waals surface area contributed by atoms with Crippen LogP contribution < -0.4 is 0 Å². The second-order valence-corrected chi connectivity index (χ2v) is 4.87. The third-order valence-corrected chi connectivity index (χ3v) is 3.05. The van der Waals surface area contributed by atoms with E-state index in [1.165, 1.54) is 0 Å². The van der Waals surface area contributed by atoms with Crippen LogP contribution in [0.25, 0.3) is 11.0 Å². The Labute approximate surface area is 115 Å². The zero-order chi connectivity index (χ0) is 13.9. The highest BCUT2D eigenvalue weighted by molar-refractivity contribution is 5.74. The predicted molar refractivity (Wildman–Crippen MR) is 73.2 cm³/mol. The Balaban J connectivity index is 1.71. The van der Waals surface area contributed by atoms with Gasteiger partial charge in [0.2, 0.25) is 5.89 Å². The standard InChI is InChI=1S/C14H16N4O2/c1-9(19)6-7-14-17-13(18-20-14)8-12-15-10-4-2-3-5-11(10)16-12/h2-5,9,19H,6-8H2,1H3,(H,15,16). The van der Waals surface area contributed by atoms with Gasteiger partial charge in [-0.2, -0.15) is 4.98 Å². The molecule has 6 nitrogen and oxygen atoms in total. The van der Waals surface area contributed by atoms with Crippen LogP contribution >= 0.6 is 0 Å². The maximum atomic E-state index is 9.23. The first-order valence-electron chi connectivity index (χ1n) is 6.64. The lowest BCUT2D eigenvalue weighted by molar-refractivity contribution is 0.180. The maximum Gasteiger partial charge on any atom is 0.226 e. The van der Waals surface area contributed by atoms with Crippen LogP contribution in [-0.4, -0.2) is 31.3 Å². The summed E-state index contributed by atoms with van der Waals surface area (Å²) >= 11 is 0. The number of nitrogens with zero attached hydrogens (tertiary/aromatic N) is 3. The summed E-state index contributed by atoms with van der Waals surface area (Å²) in [6.45, 7) is 1.74. The highest BCUT2D eigenvalue weighted by Crippen LogP contribution is 2.12. The monoisotopic (exact) mass is 272 g/mol. The molecule has 0 amide bonds. The lowest BCUT2D eigenvalue weighted by Crippen LogP contribution is -2.01. The lowest BCUT2D eigenvalue weighted by atomic mass is 10.2. The van der Waals surface area contributed by atoms with Gasteiger partial charge in [0.15, 0.2) is 5.82 Å². The van der Waals surface area contributed by atoms with Crippen molar-refractivity contribution in [1.82, 2.24) is 20.1 Å². The van der Waals surface area contributed by atoms with E-state index in [-0.39, 0.29) is 6.10 Å². The van der Waals surface area contributed by atoms with Crippen molar-refractivity contribution in [3.63, 3.8) is 0 Å². The quantitative estimate of drug-likeness (QED) is 0.740. The number of aromatic nitrogens is 4. The molecule has 0 saturated heterocycles. The number of imidazole rings is 1. The fourth-order valence-electron chi connectivity index (χ4n) is 2.03. The van der Waals surface area contributed by atoms with Crippen LogP contribution in [0.4, 0.5) is 0 Å². The van der Waals surface area contributed by atoms with Crippen LogP contribution in [0, 0.1) is 0 Å². The summed E-state index contributed by atoms with van der Waals surface area (Å²) in [5.74, 6) is 1.97. The number of aryl methyl sites for hydroxylation is 1. The van der Waals surface area contributed by atoms with Crippen molar-refractivity contribution in [1.29, 1.82) is 0 Å². The Kier molecular flexibility index (Phi) is 3.47. The fourth-order valence-corrected chi connectivity index (χ4v) is 2.03. The molecule has 0 radical (unpaired) electrons. The minimum atomic E-state index is -0.360. The molecule has 2 heterocycles. The third kappa shape index (κ3) is 2.85. The Morgan fingerprint density at radius 3 is 2.95 bits per heavy atom. The smallest absolute Gasteiger partial charge is 0.226 e. The summed E-state index contributed by atoms with van der Waals surface area (Å²) in [5, 5.41) is 13.2. The number of aromatic amines is 1. The van der Waals surface area contributed by atoms with E-state index in [1.807, 2.05) is 24.3 Å². The molecule has 0 spiro atoms. The van der Waals surface area contributed by atoms with Gasteiger partial charge in [-0.1, -0.05) is 17.3 Å². The minimum absolute atomic E-state index is 0.360. The van der Waals surface area contributed by atoms with E-state index in [1.54, 1.807) is 6.92 Å². The molecule has 1 atom stereocenters. The van der Waals surface area contributed by atoms with Gasteiger partial charge in [0, 0.05) is 6.42 Å². The molecule has 2 N–H and O–H groups in total. The highest BCUT2D eigenvalue weighted by atomic mass is 16.5. The summed E-state index contributed by atoms with van der Waals surface area (Å²) in [7, 11) is 0. The van der Waals surface area contributed by atoms with E-state index in [4.69, 9.17) is 4.52 Å². The molecule has 2 aromatic heterocycles. The Bertz CT molecular complexity index is 669. The van der Waals surface area contributed by atoms with Gasteiger partial charge in [0.1, 0.15) is 5.82 Å². The Morgan fingerprint density at radius 1 is 1.30 bits per heavy atom. The molecule has 0 aliphatic heterocycles. The first-order valence-corrected chi connectivity index (χ1v) is 6.64. The highest BCUT2D eigenvalue weighted by Gasteiger charge is 2.10. The van der Waals surface area contributed by atoms with Crippen molar-refractivity contribution < 1.29 is 9.63 Å². The minimum Gasteiger partial charge on any atom is -0.393 e. The molecule has 0 fully saturated rings. The SMILES string of the molecule is CC(O)CCc1nc(Cc2nc3ccccc3[nH]2)no1. The molecule has 3 rings (SSSR count). The van der Waals surface area contributed by atoms with Crippen LogP contribution in [0.5, 0.6) is 0 Å². The van der Waals surface area contributed by atoms with Gasteiger partial charge >= 0.3 is 0 Å². The van der Waals surface area contributed by atoms with Gasteiger partial charge in [-0.3, -0.25) is 0 Å². The fraction of sp³-hybridized carbons (Fsp3) is 0.357. The number of para-hydroxylation sites is 2. The molecule has 0 saturated carbocycles. The van der Waals surface area contributed by atoms with Crippen molar-refractivity contribution in [3.8, 4) is 0 Å². The zero-order valence-corrected chi connectivity index (χ0v) is 11.2. The van der Waals surface area contributed by atoms with Crippen molar-refractivity contribution in [3.05, 3.63) is 41.8 Å². The van der Waals surface area contributed by atoms with Gasteiger partial charge < -0.3 is 14.6 Å². The number of hydrogen-bond acceptors (Lipinski definition) is 5. The van der Waals surface area contributed by atoms with Gasteiger partial charge in [-0.05, 0) is 25.5 Å². The average molecular weight is 272 g/mol. The molecule has 1 aromatic carbocycles. The Morgan fingerprint density at radius 2 is 2.15 bits per heavy atom. The normalized spacial score (nSPS) is 12.9. The number of aliphatic hydroxyl groups is 1. The maximum absolute atomic E-state index is 9.23. The molecule has 0 bridgehead atoms. The number of hydrogen-bond donors (Lipinski definition) is 2. The molecular formula is C14H16N4O2. The van der Waals surface area contributed by atoms with Crippen molar-refractivity contribution in [2.45, 2.75) is 32.3 Å². The lowest BCUT2D eigenvalue weighted by Gasteiger charge is -1.98. The zero-order valence-electron chi connectivity index (χ0n) is 11.2. The number of nitrogens with one attached hydrogen (secondary N) is 1. The first kappa shape index (κ1) is 12.8. The van der Waals surface area contributed by atoms with E-state index in [2.05, 4.69) is 20.1 Å². The topological polar surface area (TPSA) is 87.8 Å². The molecule has 20 heavy (non-hydrogen) atoms. The van der Waals surface area contributed by atoms with Gasteiger partial charge in [-0.15, -0.1) is 0 Å². The van der Waals surface area contributed by atoms with Crippen LogP contribution in [0.15, 0.2) is 28.8 Å². The number of benzene rings is 1. The van der Waals surface area contributed by atoms with Crippen LogP contribution in [0.3, 0.4) is 0 Å². The van der Waals surface area contributed by atoms with E-state index < -0.39 is 0 Å². The van der Waals surface area contributed by atoms with E-state index in [0.29, 0.717) is 31.0 Å². The van der Waals surface area contributed by atoms with Gasteiger partial charge in [0.25, 0.3) is 0 Å². The second-order valence-electron chi connectivity index (χ2n) is 4.87. The van der Waals surface area contributed by atoms with Gasteiger partial charge in [-0.25, -0.2) is 4.98 Å². The molecule has 6 heteroatoms. The van der Waals surface area contributed by atoms with Gasteiger partial charge in [0.05, 0.1) is 23.6 Å². The van der Waals surface area contributed by atoms with Crippen LogP contribution in [0.2, 0.25) is 0 Å². The van der Waals surface area contributed by atoms with E-state index in [0.717, 1.165) is 16.9 Å². The first-order chi connectivity index (χ1) is 9.70. The summed E-state index contributed by atoms with van der Waals surface area (Å²) < 4.78 is 5.15. The van der Waals surface area contributed by atoms with Crippen LogP contribution in [-0.2, 0) is 12.8 Å². The summed E-state index contributed by atoms with van der Waals surface area (Å²) in [5.41, 5.74) is 1.93. The third-order valence-electron chi connectivity index (χ3n) is 3.05. The van der Waals surface area contributed by atoms with Crippen molar-refractivity contribution in [2.24, 2.45) is 0 Å². The molecule has 1 unspecified atom stereocenters. The summed E-state index contributed by atoms with van der Waals surface area (Å²) in [6.07, 6.45) is 1.35. The number of aliphatic hydroxyl groups excluding tert-OH is 1. The van der Waals surface area contributed by atoms with Crippen molar-refractivity contribution >= 4 is 11.0 Å². The molecular weight excluding hydrogens is 256 g/mol. The van der Waals surface area contributed by atoms with E-state index in [9.17, 15) is 5.11 Å². The predicted octanol–water partition coefficient (Wildman–Crippen LogP) is 1.85. The van der Waals surface area contributed by atoms with E-state index >= 15 is 0 Å². The average Bonchev–Trinajstić information content (AvgIpc) is 3.02. The molecule has 3 aromatic rings. The number of H-pyrrole nitrogens is 1. The van der Waals surface area contributed by atoms with Crippen LogP contribution in [0.1, 0.15) is 30.9 Å². The molecule has 104 valence electrons. The molecule has 0 aliphatic carbocycles. The number of fused-ring (bicyclic) bond motifs is 1. The summed E-state index contributed by atoms with van der Waals surface area (Å²) in [4.78, 5) is 12.0. The summed E-state index contributed by atoms with van der Waals surface area (Å²) in [6, 6.07) is 7.86. The Hall–Kier alpha value is -2.21.